The van der Waals surface area contributed by atoms with Gasteiger partial charge in [-0.1, -0.05) is 30.3 Å². The van der Waals surface area contributed by atoms with Gasteiger partial charge < -0.3 is 10.1 Å². The zero-order chi connectivity index (χ0) is 23.8. The molecule has 6 nitrogen and oxygen atoms in total. The summed E-state index contributed by atoms with van der Waals surface area (Å²) in [5, 5.41) is 3.02. The maximum absolute atomic E-state index is 13.2. The Hall–Kier alpha value is -3.15. The zero-order valence-electron chi connectivity index (χ0n) is 19.8. The third-order valence-corrected chi connectivity index (χ3v) is 6.08. The molecule has 4 rings (SSSR count). The van der Waals surface area contributed by atoms with Gasteiger partial charge in [0, 0.05) is 23.7 Å². The summed E-state index contributed by atoms with van der Waals surface area (Å²) < 4.78 is 5.49. The van der Waals surface area contributed by atoms with Crippen LogP contribution in [0.1, 0.15) is 72.7 Å². The van der Waals surface area contributed by atoms with E-state index < -0.39 is 17.7 Å². The SMILES string of the molecule is Cc1ccc(C(=O)NC2CC2)cc1-c1ccc(C(=O)C2CCCN2C(=O)OC(C)(C)C)cc1. The number of aryl methyl sites for hydroxylation is 1. The molecule has 174 valence electrons. The van der Waals surface area contributed by atoms with Crippen molar-refractivity contribution in [1.82, 2.24) is 10.2 Å². The molecule has 33 heavy (non-hydrogen) atoms. The van der Waals surface area contributed by atoms with Gasteiger partial charge in [0.05, 0.1) is 6.04 Å². The molecule has 0 bridgehead atoms. The van der Waals surface area contributed by atoms with Crippen molar-refractivity contribution in [2.75, 3.05) is 6.54 Å². The topological polar surface area (TPSA) is 75.7 Å². The fourth-order valence-electron chi connectivity index (χ4n) is 4.16. The second-order valence-electron chi connectivity index (χ2n) is 10.1. The maximum atomic E-state index is 13.2. The second kappa shape index (κ2) is 9.00. The first kappa shape index (κ1) is 23.0. The van der Waals surface area contributed by atoms with Crippen molar-refractivity contribution in [3.63, 3.8) is 0 Å². The van der Waals surface area contributed by atoms with Gasteiger partial charge in [-0.15, -0.1) is 0 Å². The molecule has 6 heteroatoms. The van der Waals surface area contributed by atoms with Crippen molar-refractivity contribution in [3.8, 4) is 11.1 Å². The molecular formula is C27H32N2O4. The minimum Gasteiger partial charge on any atom is -0.444 e. The fourth-order valence-corrected chi connectivity index (χ4v) is 4.16. The quantitative estimate of drug-likeness (QED) is 0.643. The van der Waals surface area contributed by atoms with E-state index in [1.165, 1.54) is 0 Å². The van der Waals surface area contributed by atoms with Gasteiger partial charge in [-0.2, -0.15) is 0 Å². The van der Waals surface area contributed by atoms with Gasteiger partial charge in [-0.05, 0) is 82.2 Å². The number of ether oxygens (including phenoxy) is 1. The monoisotopic (exact) mass is 448 g/mol. The van der Waals surface area contributed by atoms with Crippen LogP contribution in [-0.4, -0.2) is 46.9 Å². The average Bonchev–Trinajstić information content (AvgIpc) is 3.43. The van der Waals surface area contributed by atoms with Crippen LogP contribution in [0.3, 0.4) is 0 Å². The number of carbonyl (C=O) groups excluding carboxylic acids is 3. The standard InChI is InChI=1S/C27H32N2O4/c1-17-7-8-20(25(31)28-21-13-14-21)16-22(17)18-9-11-19(12-10-18)24(30)23-6-5-15-29(23)26(32)33-27(2,3)4/h7-12,16,21,23H,5-6,13-15H2,1-4H3,(H,28,31). The summed E-state index contributed by atoms with van der Waals surface area (Å²) in [4.78, 5) is 39.8. The van der Waals surface area contributed by atoms with Crippen LogP contribution in [0.25, 0.3) is 11.1 Å². The van der Waals surface area contributed by atoms with E-state index >= 15 is 0 Å². The Morgan fingerprint density at radius 3 is 2.27 bits per heavy atom. The number of nitrogens with zero attached hydrogens (tertiary/aromatic N) is 1. The van der Waals surface area contributed by atoms with E-state index in [4.69, 9.17) is 4.74 Å². The van der Waals surface area contributed by atoms with Gasteiger partial charge in [0.25, 0.3) is 5.91 Å². The first-order chi connectivity index (χ1) is 15.6. The highest BCUT2D eigenvalue weighted by molar-refractivity contribution is 6.02. The number of rotatable bonds is 5. The molecule has 0 radical (unpaired) electrons. The Morgan fingerprint density at radius 2 is 1.64 bits per heavy atom. The van der Waals surface area contributed by atoms with Crippen molar-refractivity contribution in [2.24, 2.45) is 0 Å². The number of carbonyl (C=O) groups is 3. The van der Waals surface area contributed by atoms with E-state index in [9.17, 15) is 14.4 Å². The van der Waals surface area contributed by atoms with Crippen LogP contribution < -0.4 is 5.32 Å². The molecule has 2 amide bonds. The minimum absolute atomic E-state index is 0.0472. The van der Waals surface area contributed by atoms with E-state index in [0.29, 0.717) is 30.1 Å². The Balaban J connectivity index is 1.50. The van der Waals surface area contributed by atoms with Crippen molar-refractivity contribution in [3.05, 3.63) is 59.2 Å². The van der Waals surface area contributed by atoms with Crippen LogP contribution in [0.5, 0.6) is 0 Å². The van der Waals surface area contributed by atoms with Gasteiger partial charge in [-0.25, -0.2) is 4.79 Å². The highest BCUT2D eigenvalue weighted by Crippen LogP contribution is 2.28. The van der Waals surface area contributed by atoms with E-state index in [1.54, 1.807) is 17.0 Å². The number of hydrogen-bond acceptors (Lipinski definition) is 4. The molecule has 1 N–H and O–H groups in total. The lowest BCUT2D eigenvalue weighted by Gasteiger charge is -2.28. The predicted octanol–water partition coefficient (Wildman–Crippen LogP) is 5.14. The van der Waals surface area contributed by atoms with E-state index in [0.717, 1.165) is 36.0 Å². The van der Waals surface area contributed by atoms with Crippen LogP contribution in [0.2, 0.25) is 0 Å². The van der Waals surface area contributed by atoms with Crippen molar-refractivity contribution in [2.45, 2.75) is 71.1 Å². The number of Topliss-reactive ketones (excluding diaryl/α,β-unsaturated/α-hetero) is 1. The van der Waals surface area contributed by atoms with Crippen LogP contribution in [-0.2, 0) is 4.74 Å². The molecule has 2 aromatic carbocycles. The number of nitrogens with one attached hydrogen (secondary N) is 1. The second-order valence-corrected chi connectivity index (χ2v) is 10.1. The smallest absolute Gasteiger partial charge is 0.410 e. The normalized spacial score (nSPS) is 18.2. The van der Waals surface area contributed by atoms with Crippen LogP contribution >= 0.6 is 0 Å². The van der Waals surface area contributed by atoms with Gasteiger partial charge in [0.2, 0.25) is 0 Å². The van der Waals surface area contributed by atoms with Gasteiger partial charge in [0.15, 0.2) is 5.78 Å². The van der Waals surface area contributed by atoms with Crippen LogP contribution in [0.4, 0.5) is 4.79 Å². The lowest BCUT2D eigenvalue weighted by atomic mass is 9.95. The third kappa shape index (κ3) is 5.44. The largest absolute Gasteiger partial charge is 0.444 e. The number of likely N-dealkylation sites (tertiary alicyclic amines) is 1. The predicted molar refractivity (Wildman–Crippen MR) is 127 cm³/mol. The van der Waals surface area contributed by atoms with E-state index in [2.05, 4.69) is 5.32 Å². The Labute approximate surface area is 195 Å². The summed E-state index contributed by atoms with van der Waals surface area (Å²) in [6.45, 7) is 8.00. The molecule has 1 aliphatic carbocycles. The average molecular weight is 449 g/mol. The van der Waals surface area contributed by atoms with Crippen LogP contribution in [0, 0.1) is 6.92 Å². The zero-order valence-corrected chi connectivity index (χ0v) is 19.8. The molecule has 1 aliphatic heterocycles. The highest BCUT2D eigenvalue weighted by atomic mass is 16.6. The highest BCUT2D eigenvalue weighted by Gasteiger charge is 2.36. The minimum atomic E-state index is -0.600. The Bertz CT molecular complexity index is 1060. The van der Waals surface area contributed by atoms with Crippen LogP contribution in [0.15, 0.2) is 42.5 Å². The molecular weight excluding hydrogens is 416 g/mol. The Morgan fingerprint density at radius 1 is 0.970 bits per heavy atom. The molecule has 0 spiro atoms. The number of amides is 2. The molecule has 1 saturated carbocycles. The Kier molecular flexibility index (Phi) is 6.28. The molecule has 1 atom stereocenters. The van der Waals surface area contributed by atoms with Crippen molar-refractivity contribution < 1.29 is 19.1 Å². The summed E-state index contributed by atoms with van der Waals surface area (Å²) >= 11 is 0. The number of ketones is 1. The molecule has 1 unspecified atom stereocenters. The summed E-state index contributed by atoms with van der Waals surface area (Å²) in [7, 11) is 0. The van der Waals surface area contributed by atoms with Gasteiger partial charge >= 0.3 is 6.09 Å². The lowest BCUT2D eigenvalue weighted by molar-refractivity contribution is 0.0222. The van der Waals surface area contributed by atoms with Crippen molar-refractivity contribution in [1.29, 1.82) is 0 Å². The van der Waals surface area contributed by atoms with Crippen molar-refractivity contribution >= 4 is 17.8 Å². The fraction of sp³-hybridized carbons (Fsp3) is 0.444. The summed E-state index contributed by atoms with van der Waals surface area (Å²) in [6, 6.07) is 12.9. The molecule has 2 aromatic rings. The molecule has 2 fully saturated rings. The first-order valence-electron chi connectivity index (χ1n) is 11.7. The molecule has 1 saturated heterocycles. The van der Waals surface area contributed by atoms with Gasteiger partial charge in [-0.3, -0.25) is 14.5 Å². The molecule has 2 aliphatic rings. The molecule has 0 aromatic heterocycles. The van der Waals surface area contributed by atoms with E-state index in [-0.39, 0.29) is 11.7 Å². The number of benzene rings is 2. The number of hydrogen-bond donors (Lipinski definition) is 1. The molecule has 1 heterocycles. The lowest BCUT2D eigenvalue weighted by Crippen LogP contribution is -2.43. The summed E-state index contributed by atoms with van der Waals surface area (Å²) in [5.74, 6) is -0.117. The maximum Gasteiger partial charge on any atom is 0.410 e. The van der Waals surface area contributed by atoms with E-state index in [1.807, 2.05) is 58.0 Å². The first-order valence-corrected chi connectivity index (χ1v) is 11.7. The van der Waals surface area contributed by atoms with Gasteiger partial charge in [0.1, 0.15) is 5.60 Å². The third-order valence-electron chi connectivity index (χ3n) is 6.08. The summed E-state index contributed by atoms with van der Waals surface area (Å²) in [6.07, 6.45) is 3.07. The summed E-state index contributed by atoms with van der Waals surface area (Å²) in [5.41, 5.74) is 3.58.